The second kappa shape index (κ2) is 10.5. The zero-order valence-electron chi connectivity index (χ0n) is 18.7. The van der Waals surface area contributed by atoms with Gasteiger partial charge in [-0.3, -0.25) is 4.79 Å². The first-order valence-electron chi connectivity index (χ1n) is 10.9. The number of amides is 1. The summed E-state index contributed by atoms with van der Waals surface area (Å²) in [5.41, 5.74) is 0.866. The Labute approximate surface area is 203 Å². The molecule has 0 radical (unpaired) electrons. The van der Waals surface area contributed by atoms with Crippen molar-refractivity contribution in [3.8, 4) is 17.1 Å². The monoisotopic (exact) mass is 504 g/mol. The van der Waals surface area contributed by atoms with Crippen molar-refractivity contribution in [2.75, 3.05) is 20.2 Å². The van der Waals surface area contributed by atoms with Crippen LogP contribution in [-0.4, -0.2) is 49.6 Å². The summed E-state index contributed by atoms with van der Waals surface area (Å²) in [5, 5.41) is 4.40. The van der Waals surface area contributed by atoms with Crippen molar-refractivity contribution in [1.29, 1.82) is 0 Å². The van der Waals surface area contributed by atoms with Crippen LogP contribution < -0.4 is 9.46 Å². The fraction of sp³-hybridized carbons (Fsp3) is 0.348. The number of hydrogen-bond donors (Lipinski definition) is 1. The Bertz CT molecular complexity index is 1270. The molecule has 1 aliphatic heterocycles. The molecule has 180 valence electrons. The lowest BCUT2D eigenvalue weighted by molar-refractivity contribution is 0.0758. The van der Waals surface area contributed by atoms with Crippen LogP contribution in [-0.2, 0) is 16.6 Å². The number of benzene rings is 2. The lowest BCUT2D eigenvalue weighted by Gasteiger charge is -2.22. The molecule has 1 aromatic heterocycles. The van der Waals surface area contributed by atoms with E-state index in [0.717, 1.165) is 25.7 Å². The van der Waals surface area contributed by atoms with Crippen molar-refractivity contribution >= 4 is 27.5 Å². The van der Waals surface area contributed by atoms with Gasteiger partial charge < -0.3 is 14.2 Å². The number of sulfonamides is 1. The second-order valence-electron chi connectivity index (χ2n) is 7.92. The molecule has 1 amide bonds. The summed E-state index contributed by atoms with van der Waals surface area (Å²) in [6, 6.07) is 11.2. The largest absolute Gasteiger partial charge is 0.496 e. The van der Waals surface area contributed by atoms with Gasteiger partial charge in [-0.2, -0.15) is 4.98 Å². The number of nitrogens with zero attached hydrogens (tertiary/aromatic N) is 3. The minimum Gasteiger partial charge on any atom is -0.496 e. The van der Waals surface area contributed by atoms with Gasteiger partial charge in [-0.25, -0.2) is 13.1 Å². The smallest absolute Gasteiger partial charge is 0.257 e. The Balaban J connectivity index is 1.51. The molecule has 0 atom stereocenters. The Morgan fingerprint density at radius 3 is 2.62 bits per heavy atom. The van der Waals surface area contributed by atoms with Gasteiger partial charge in [0, 0.05) is 23.7 Å². The highest BCUT2D eigenvalue weighted by atomic mass is 35.5. The van der Waals surface area contributed by atoms with Crippen LogP contribution in [0.2, 0.25) is 5.02 Å². The number of halogens is 1. The van der Waals surface area contributed by atoms with Crippen LogP contribution in [0.1, 0.15) is 41.9 Å². The molecule has 11 heteroatoms. The van der Waals surface area contributed by atoms with Crippen LogP contribution in [0.5, 0.6) is 5.75 Å². The highest BCUT2D eigenvalue weighted by molar-refractivity contribution is 7.89. The predicted molar refractivity (Wildman–Crippen MR) is 126 cm³/mol. The zero-order valence-corrected chi connectivity index (χ0v) is 20.2. The number of hydrogen-bond acceptors (Lipinski definition) is 7. The number of aromatic nitrogens is 2. The molecule has 9 nitrogen and oxygen atoms in total. The molecule has 1 fully saturated rings. The number of nitrogens with one attached hydrogen (secondary N) is 1. The van der Waals surface area contributed by atoms with E-state index < -0.39 is 10.0 Å². The molecule has 1 N–H and O–H groups in total. The maximum Gasteiger partial charge on any atom is 0.257 e. The molecule has 1 saturated heterocycles. The van der Waals surface area contributed by atoms with Crippen molar-refractivity contribution < 1.29 is 22.5 Å². The standard InChI is InChI=1S/C23H25ClN4O5S/c1-32-20-10-9-18(14-19(20)23(29)28-11-4-2-3-5-12-28)34(30,31)25-15-21-26-22(27-33-21)16-7-6-8-17(24)13-16/h6-10,13-14,25H,2-5,11-12,15H2,1H3. The fourth-order valence-corrected chi connectivity index (χ4v) is 4.97. The summed E-state index contributed by atoms with van der Waals surface area (Å²) in [7, 11) is -2.51. The molecule has 34 heavy (non-hydrogen) atoms. The maximum atomic E-state index is 13.1. The van der Waals surface area contributed by atoms with E-state index >= 15 is 0 Å². The van der Waals surface area contributed by atoms with Crippen molar-refractivity contribution in [2.24, 2.45) is 0 Å². The highest BCUT2D eigenvalue weighted by Gasteiger charge is 2.24. The molecule has 3 aromatic rings. The van der Waals surface area contributed by atoms with Gasteiger partial charge >= 0.3 is 0 Å². The Hall–Kier alpha value is -2.95. The summed E-state index contributed by atoms with van der Waals surface area (Å²) in [6.07, 6.45) is 4.01. The van der Waals surface area contributed by atoms with Crippen LogP contribution in [0.3, 0.4) is 0 Å². The van der Waals surface area contributed by atoms with E-state index in [2.05, 4.69) is 14.9 Å². The third-order valence-electron chi connectivity index (χ3n) is 5.57. The number of likely N-dealkylation sites (tertiary alicyclic amines) is 1. The first-order valence-corrected chi connectivity index (χ1v) is 12.8. The van der Waals surface area contributed by atoms with Crippen molar-refractivity contribution in [2.45, 2.75) is 37.1 Å². The molecule has 0 aliphatic carbocycles. The molecule has 4 rings (SSSR count). The predicted octanol–water partition coefficient (Wildman–Crippen LogP) is 3.89. The van der Waals surface area contributed by atoms with Crippen molar-refractivity contribution in [3.63, 3.8) is 0 Å². The number of ether oxygens (including phenoxy) is 1. The molecular formula is C23H25ClN4O5S. The highest BCUT2D eigenvalue weighted by Crippen LogP contribution is 2.26. The Morgan fingerprint density at radius 2 is 1.91 bits per heavy atom. The lowest BCUT2D eigenvalue weighted by atomic mass is 10.1. The van der Waals surface area contributed by atoms with Gasteiger partial charge in [0.15, 0.2) is 0 Å². The molecular weight excluding hydrogens is 480 g/mol. The maximum absolute atomic E-state index is 13.1. The summed E-state index contributed by atoms with van der Waals surface area (Å²) < 4.78 is 38.8. The molecule has 0 unspecified atom stereocenters. The molecule has 1 aliphatic rings. The minimum absolute atomic E-state index is 0.0546. The van der Waals surface area contributed by atoms with E-state index in [9.17, 15) is 13.2 Å². The van der Waals surface area contributed by atoms with E-state index in [1.165, 1.54) is 25.3 Å². The minimum atomic E-state index is -3.96. The summed E-state index contributed by atoms with van der Waals surface area (Å²) in [5.74, 6) is 0.481. The molecule has 2 aromatic carbocycles. The lowest BCUT2D eigenvalue weighted by Crippen LogP contribution is -2.32. The van der Waals surface area contributed by atoms with Crippen LogP contribution in [0.15, 0.2) is 51.9 Å². The van der Waals surface area contributed by atoms with Gasteiger partial charge in [0.25, 0.3) is 5.91 Å². The number of rotatable bonds is 7. The first kappa shape index (κ1) is 24.2. The van der Waals surface area contributed by atoms with Crippen molar-refractivity contribution in [1.82, 2.24) is 19.8 Å². The Kier molecular flexibility index (Phi) is 7.50. The summed E-state index contributed by atoms with van der Waals surface area (Å²) in [4.78, 5) is 19.1. The normalized spacial score (nSPS) is 14.6. The van der Waals surface area contributed by atoms with E-state index in [0.29, 0.717) is 35.2 Å². The third-order valence-corrected chi connectivity index (χ3v) is 7.20. The second-order valence-corrected chi connectivity index (χ2v) is 10.1. The van der Waals surface area contributed by atoms with Crippen LogP contribution in [0, 0.1) is 0 Å². The van der Waals surface area contributed by atoms with Gasteiger partial charge in [0.2, 0.25) is 21.7 Å². The molecule has 2 heterocycles. The van der Waals surface area contributed by atoms with E-state index in [1.807, 2.05) is 0 Å². The molecule has 0 spiro atoms. The quantitative estimate of drug-likeness (QED) is 0.519. The van der Waals surface area contributed by atoms with Gasteiger partial charge in [0.05, 0.1) is 24.1 Å². The summed E-state index contributed by atoms with van der Waals surface area (Å²) >= 11 is 5.99. The average Bonchev–Trinajstić information content (AvgIpc) is 3.15. The van der Waals surface area contributed by atoms with Crippen LogP contribution in [0.4, 0.5) is 0 Å². The van der Waals surface area contributed by atoms with Gasteiger partial charge in [-0.1, -0.05) is 41.7 Å². The third kappa shape index (κ3) is 5.57. The van der Waals surface area contributed by atoms with Crippen LogP contribution in [0.25, 0.3) is 11.4 Å². The van der Waals surface area contributed by atoms with Gasteiger partial charge in [-0.15, -0.1) is 0 Å². The number of carbonyl (C=O) groups excluding carboxylic acids is 1. The first-order chi connectivity index (χ1) is 16.4. The fourth-order valence-electron chi connectivity index (χ4n) is 3.78. The topological polar surface area (TPSA) is 115 Å². The van der Waals surface area contributed by atoms with Crippen molar-refractivity contribution in [3.05, 3.63) is 58.9 Å². The summed E-state index contributed by atoms with van der Waals surface area (Å²) in [6.45, 7) is 1.07. The SMILES string of the molecule is COc1ccc(S(=O)(=O)NCc2nc(-c3cccc(Cl)c3)no2)cc1C(=O)N1CCCCCC1. The Morgan fingerprint density at radius 1 is 1.15 bits per heavy atom. The number of carbonyl (C=O) groups is 1. The van der Waals surface area contributed by atoms with Gasteiger partial charge in [0.1, 0.15) is 5.75 Å². The van der Waals surface area contributed by atoms with E-state index in [4.69, 9.17) is 20.9 Å². The number of methoxy groups -OCH3 is 1. The van der Waals surface area contributed by atoms with E-state index in [1.54, 1.807) is 29.2 Å². The van der Waals surface area contributed by atoms with Gasteiger partial charge in [-0.05, 0) is 43.2 Å². The van der Waals surface area contributed by atoms with E-state index in [-0.39, 0.29) is 28.8 Å². The zero-order chi connectivity index (χ0) is 24.1. The molecule has 0 bridgehead atoms. The van der Waals surface area contributed by atoms with Crippen LogP contribution >= 0.6 is 11.6 Å². The average molecular weight is 505 g/mol. The molecule has 0 saturated carbocycles.